The molecule has 1 aliphatic rings. The Morgan fingerprint density at radius 1 is 1.31 bits per heavy atom. The first-order chi connectivity index (χ1) is 6.98. The Kier molecular flexibility index (Phi) is 4.22. The summed E-state index contributed by atoms with van der Waals surface area (Å²) in [5.41, 5.74) is -2.11. The minimum absolute atomic E-state index is 0. The monoisotopic (exact) mass is 254 g/mol. The molecule has 1 N–H and O–H groups in total. The van der Waals surface area contributed by atoms with Crippen molar-refractivity contribution < 1.29 is 57.1 Å². The molecule has 0 amide bonds. The largest absolute Gasteiger partial charge is 1.00 e. The molecule has 1 aliphatic heterocycles. The SMILES string of the molecule is O=S(=O)([O-])C(O)c1ccc2c(c1)OCO2.[Na+]. The number of rotatable bonds is 2. The van der Waals surface area contributed by atoms with Gasteiger partial charge >= 0.3 is 29.6 Å². The van der Waals surface area contributed by atoms with Crippen LogP contribution < -0.4 is 39.0 Å². The van der Waals surface area contributed by atoms with E-state index in [0.717, 1.165) is 0 Å². The molecule has 1 heterocycles. The van der Waals surface area contributed by atoms with Gasteiger partial charge in [-0.2, -0.15) is 0 Å². The van der Waals surface area contributed by atoms with Gasteiger partial charge in [0.2, 0.25) is 6.79 Å². The van der Waals surface area contributed by atoms with Crippen LogP contribution in [0.1, 0.15) is 11.0 Å². The average Bonchev–Trinajstić information content (AvgIpc) is 2.61. The third kappa shape index (κ3) is 2.68. The summed E-state index contributed by atoms with van der Waals surface area (Å²) in [6, 6.07) is 4.00. The van der Waals surface area contributed by atoms with E-state index in [1.54, 1.807) is 0 Å². The summed E-state index contributed by atoms with van der Waals surface area (Å²) in [6.45, 7) is 0.0407. The van der Waals surface area contributed by atoms with Crippen molar-refractivity contribution in [2.45, 2.75) is 5.44 Å². The Labute approximate surface area is 114 Å². The summed E-state index contributed by atoms with van der Waals surface area (Å²) in [4.78, 5) is 0. The van der Waals surface area contributed by atoms with Crippen molar-refractivity contribution in [3.05, 3.63) is 23.8 Å². The van der Waals surface area contributed by atoms with Gasteiger partial charge in [0.25, 0.3) is 0 Å². The molecule has 0 saturated carbocycles. The molecule has 0 saturated heterocycles. The Morgan fingerprint density at radius 2 is 1.94 bits per heavy atom. The molecule has 1 atom stereocenters. The van der Waals surface area contributed by atoms with E-state index >= 15 is 0 Å². The van der Waals surface area contributed by atoms with Crippen LogP contribution in [0, 0.1) is 0 Å². The van der Waals surface area contributed by atoms with Crippen LogP contribution in [-0.4, -0.2) is 24.9 Å². The summed E-state index contributed by atoms with van der Waals surface area (Å²) >= 11 is 0. The van der Waals surface area contributed by atoms with Crippen molar-refractivity contribution in [1.82, 2.24) is 0 Å². The van der Waals surface area contributed by atoms with Gasteiger partial charge in [0.15, 0.2) is 16.9 Å². The fourth-order valence-electron chi connectivity index (χ4n) is 1.23. The second kappa shape index (κ2) is 4.91. The van der Waals surface area contributed by atoms with Crippen LogP contribution >= 0.6 is 0 Å². The molecule has 1 aromatic carbocycles. The first-order valence-corrected chi connectivity index (χ1v) is 5.48. The predicted molar refractivity (Wildman–Crippen MR) is 47.2 cm³/mol. The molecule has 0 spiro atoms. The number of aliphatic hydroxyl groups is 1. The molecule has 0 aromatic heterocycles. The number of hydrogen-bond donors (Lipinski definition) is 1. The van der Waals surface area contributed by atoms with Crippen molar-refractivity contribution in [3.63, 3.8) is 0 Å². The van der Waals surface area contributed by atoms with E-state index in [0.29, 0.717) is 11.5 Å². The topological polar surface area (TPSA) is 95.9 Å². The van der Waals surface area contributed by atoms with Crippen LogP contribution in [0.2, 0.25) is 0 Å². The minimum Gasteiger partial charge on any atom is -0.746 e. The zero-order valence-electron chi connectivity index (χ0n) is 8.41. The van der Waals surface area contributed by atoms with Crippen LogP contribution in [0.5, 0.6) is 11.5 Å². The van der Waals surface area contributed by atoms with Gasteiger partial charge in [-0.15, -0.1) is 0 Å². The van der Waals surface area contributed by atoms with Crippen LogP contribution in [0.4, 0.5) is 0 Å². The van der Waals surface area contributed by atoms with Gasteiger partial charge < -0.3 is 19.1 Å². The maximum atomic E-state index is 10.6. The van der Waals surface area contributed by atoms with Crippen LogP contribution in [0.3, 0.4) is 0 Å². The van der Waals surface area contributed by atoms with Crippen molar-refractivity contribution in [1.29, 1.82) is 0 Å². The van der Waals surface area contributed by atoms with Crippen LogP contribution in [0.25, 0.3) is 0 Å². The minimum atomic E-state index is -4.76. The number of hydrogen-bond acceptors (Lipinski definition) is 6. The molecule has 16 heavy (non-hydrogen) atoms. The number of aliphatic hydroxyl groups excluding tert-OH is 1. The third-order valence-electron chi connectivity index (χ3n) is 1.96. The molecular formula is C8H7NaO6S. The number of fused-ring (bicyclic) bond motifs is 1. The molecular weight excluding hydrogens is 247 g/mol. The van der Waals surface area contributed by atoms with Gasteiger partial charge in [0, 0.05) is 0 Å². The Bertz CT molecular complexity index is 485. The molecule has 6 nitrogen and oxygen atoms in total. The standard InChI is InChI=1S/C8H8O6S.Na/c9-8(15(10,11)12)5-1-2-6-7(3-5)14-4-13-6;/h1-3,8-9H,4H2,(H,10,11,12);/q;+1/p-1. The Balaban J connectivity index is 0.00000128. The predicted octanol–water partition coefficient (Wildman–Crippen LogP) is -3.04. The molecule has 0 aliphatic carbocycles. The number of benzene rings is 1. The van der Waals surface area contributed by atoms with Crippen molar-refractivity contribution in [3.8, 4) is 11.5 Å². The molecule has 2 rings (SSSR count). The summed E-state index contributed by atoms with van der Waals surface area (Å²) < 4.78 is 41.6. The van der Waals surface area contributed by atoms with Gasteiger partial charge in [-0.3, -0.25) is 0 Å². The fraction of sp³-hybridized carbons (Fsp3) is 0.250. The molecule has 0 radical (unpaired) electrons. The van der Waals surface area contributed by atoms with E-state index < -0.39 is 15.6 Å². The van der Waals surface area contributed by atoms with E-state index in [-0.39, 0.29) is 41.9 Å². The zero-order valence-corrected chi connectivity index (χ0v) is 11.2. The summed E-state index contributed by atoms with van der Waals surface area (Å²) in [7, 11) is -4.76. The zero-order chi connectivity index (χ0) is 11.1. The summed E-state index contributed by atoms with van der Waals surface area (Å²) in [5, 5.41) is 9.19. The summed E-state index contributed by atoms with van der Waals surface area (Å²) in [5.74, 6) is 0.768. The first kappa shape index (κ1) is 13.8. The molecule has 1 aromatic rings. The van der Waals surface area contributed by atoms with Gasteiger partial charge in [-0.25, -0.2) is 8.42 Å². The van der Waals surface area contributed by atoms with Gasteiger partial charge in [-0.1, -0.05) is 6.07 Å². The van der Waals surface area contributed by atoms with E-state index in [1.807, 2.05) is 0 Å². The van der Waals surface area contributed by atoms with Crippen LogP contribution in [0.15, 0.2) is 18.2 Å². The maximum Gasteiger partial charge on any atom is 1.00 e. The second-order valence-corrected chi connectivity index (χ2v) is 4.39. The van der Waals surface area contributed by atoms with Gasteiger partial charge in [0.05, 0.1) is 0 Å². The van der Waals surface area contributed by atoms with Gasteiger partial charge in [-0.05, 0) is 17.7 Å². The van der Waals surface area contributed by atoms with Crippen molar-refractivity contribution >= 4 is 10.1 Å². The van der Waals surface area contributed by atoms with Gasteiger partial charge in [0.1, 0.15) is 10.1 Å². The quantitative estimate of drug-likeness (QED) is 0.445. The number of ether oxygens (including phenoxy) is 2. The normalized spacial score (nSPS) is 15.4. The second-order valence-electron chi connectivity index (χ2n) is 2.96. The van der Waals surface area contributed by atoms with Crippen molar-refractivity contribution in [2.75, 3.05) is 6.79 Å². The molecule has 0 fully saturated rings. The Hall–Kier alpha value is -0.310. The fourth-order valence-corrected chi connectivity index (χ4v) is 1.71. The third-order valence-corrected chi connectivity index (χ3v) is 2.77. The first-order valence-electron chi connectivity index (χ1n) is 4.01. The molecule has 0 bridgehead atoms. The Morgan fingerprint density at radius 3 is 2.56 bits per heavy atom. The molecule has 1 unspecified atom stereocenters. The molecule has 82 valence electrons. The van der Waals surface area contributed by atoms with E-state index in [4.69, 9.17) is 9.47 Å². The van der Waals surface area contributed by atoms with Crippen LogP contribution in [-0.2, 0) is 10.1 Å². The van der Waals surface area contributed by atoms with E-state index in [9.17, 15) is 18.1 Å². The average molecular weight is 254 g/mol. The van der Waals surface area contributed by atoms with E-state index in [2.05, 4.69) is 0 Å². The molecule has 8 heteroatoms. The van der Waals surface area contributed by atoms with Crippen molar-refractivity contribution in [2.24, 2.45) is 0 Å². The summed E-state index contributed by atoms with van der Waals surface area (Å²) in [6.07, 6.45) is 0. The maximum absolute atomic E-state index is 10.6. The van der Waals surface area contributed by atoms with E-state index in [1.165, 1.54) is 18.2 Å². The smallest absolute Gasteiger partial charge is 0.746 e.